The lowest BCUT2D eigenvalue weighted by Gasteiger charge is -2.09. The van der Waals surface area contributed by atoms with Crippen LogP contribution >= 0.6 is 0 Å². The number of benzene rings is 1. The van der Waals surface area contributed by atoms with E-state index in [0.717, 1.165) is 16.5 Å². The van der Waals surface area contributed by atoms with Crippen LogP contribution in [0.4, 0.5) is 0 Å². The number of ether oxygens (including phenoxy) is 1. The first-order valence-electron chi connectivity index (χ1n) is 8.49. The van der Waals surface area contributed by atoms with Crippen LogP contribution in [0.3, 0.4) is 0 Å². The summed E-state index contributed by atoms with van der Waals surface area (Å²) >= 11 is 0. The topological polar surface area (TPSA) is 73.2 Å². The molecule has 0 spiro atoms. The predicted molar refractivity (Wildman–Crippen MR) is 100 cm³/mol. The smallest absolute Gasteiger partial charge is 0.252 e. The largest absolute Gasteiger partial charge is 0.383 e. The van der Waals surface area contributed by atoms with Crippen LogP contribution in [0, 0.1) is 0 Å². The summed E-state index contributed by atoms with van der Waals surface area (Å²) in [5, 5.41) is 3.99. The van der Waals surface area contributed by atoms with Crippen LogP contribution in [0.2, 0.25) is 0 Å². The number of pyridine rings is 2. The first-order chi connectivity index (χ1) is 12.7. The number of methoxy groups -OCH3 is 1. The molecule has 0 radical (unpaired) electrons. The van der Waals surface area contributed by atoms with Gasteiger partial charge in [-0.25, -0.2) is 0 Å². The van der Waals surface area contributed by atoms with Crippen LogP contribution < -0.4 is 10.9 Å². The fourth-order valence-corrected chi connectivity index (χ4v) is 2.81. The number of carbonyl (C=O) groups is 1. The van der Waals surface area contributed by atoms with Gasteiger partial charge in [0.2, 0.25) is 0 Å². The summed E-state index contributed by atoms with van der Waals surface area (Å²) in [7, 11) is 1.57. The van der Waals surface area contributed by atoms with E-state index in [1.165, 1.54) is 10.6 Å². The molecule has 0 aliphatic carbocycles. The Kier molecular flexibility index (Phi) is 5.76. The third kappa shape index (κ3) is 4.15. The fraction of sp³-hybridized carbons (Fsp3) is 0.250. The summed E-state index contributed by atoms with van der Waals surface area (Å²) in [5.41, 5.74) is 2.35. The molecule has 3 rings (SSSR count). The Balaban J connectivity index is 1.64. The number of nitrogens with zero attached hydrogens (tertiary/aromatic N) is 2. The highest BCUT2D eigenvalue weighted by molar-refractivity contribution is 5.93. The minimum absolute atomic E-state index is 0.152. The second kappa shape index (κ2) is 8.40. The Labute approximate surface area is 151 Å². The zero-order valence-corrected chi connectivity index (χ0v) is 14.6. The number of hydrogen-bond acceptors (Lipinski definition) is 4. The molecule has 2 heterocycles. The van der Waals surface area contributed by atoms with Crippen molar-refractivity contribution < 1.29 is 9.53 Å². The molecule has 0 fully saturated rings. The van der Waals surface area contributed by atoms with Crippen molar-refractivity contribution in [2.45, 2.75) is 13.0 Å². The van der Waals surface area contributed by atoms with Gasteiger partial charge in [0.05, 0.1) is 17.7 Å². The first kappa shape index (κ1) is 17.8. The molecular formula is C20H21N3O3. The molecule has 26 heavy (non-hydrogen) atoms. The van der Waals surface area contributed by atoms with E-state index in [2.05, 4.69) is 10.3 Å². The van der Waals surface area contributed by atoms with Gasteiger partial charge in [-0.3, -0.25) is 14.6 Å². The van der Waals surface area contributed by atoms with Crippen molar-refractivity contribution in [2.75, 3.05) is 20.3 Å². The molecule has 6 nitrogen and oxygen atoms in total. The van der Waals surface area contributed by atoms with E-state index in [4.69, 9.17) is 4.74 Å². The second-order valence-electron chi connectivity index (χ2n) is 5.94. The van der Waals surface area contributed by atoms with Gasteiger partial charge in [-0.05, 0) is 24.1 Å². The number of rotatable bonds is 7. The molecule has 2 aromatic heterocycles. The van der Waals surface area contributed by atoms with Gasteiger partial charge in [0.15, 0.2) is 0 Å². The van der Waals surface area contributed by atoms with Crippen LogP contribution in [-0.2, 0) is 17.7 Å². The van der Waals surface area contributed by atoms with E-state index in [0.29, 0.717) is 31.7 Å². The van der Waals surface area contributed by atoms with Gasteiger partial charge in [0, 0.05) is 44.0 Å². The number of nitrogens with one attached hydrogen (secondary N) is 1. The highest BCUT2D eigenvalue weighted by Crippen LogP contribution is 2.16. The lowest BCUT2D eigenvalue weighted by molar-refractivity contribution is 0.0953. The Morgan fingerprint density at radius 2 is 2.04 bits per heavy atom. The number of fused-ring (bicyclic) bond motifs is 1. The lowest BCUT2D eigenvalue weighted by atomic mass is 10.1. The molecule has 0 atom stereocenters. The monoisotopic (exact) mass is 351 g/mol. The maximum atomic E-state index is 12.4. The van der Waals surface area contributed by atoms with Gasteiger partial charge in [-0.2, -0.15) is 0 Å². The maximum absolute atomic E-state index is 12.4. The molecule has 3 aromatic rings. The first-order valence-corrected chi connectivity index (χ1v) is 8.49. The predicted octanol–water partition coefficient (Wildman–Crippen LogP) is 2.02. The normalized spacial score (nSPS) is 10.8. The van der Waals surface area contributed by atoms with Crippen molar-refractivity contribution in [3.63, 3.8) is 0 Å². The summed E-state index contributed by atoms with van der Waals surface area (Å²) in [4.78, 5) is 28.6. The number of carbonyl (C=O) groups excluding carboxylic acids is 1. The van der Waals surface area contributed by atoms with Crippen molar-refractivity contribution in [2.24, 2.45) is 0 Å². The average Bonchev–Trinajstić information content (AvgIpc) is 2.67. The van der Waals surface area contributed by atoms with Gasteiger partial charge < -0.3 is 14.6 Å². The molecule has 1 N–H and O–H groups in total. The number of aromatic nitrogens is 2. The quantitative estimate of drug-likeness (QED) is 0.707. The van der Waals surface area contributed by atoms with E-state index >= 15 is 0 Å². The van der Waals surface area contributed by atoms with E-state index in [1.807, 2.05) is 30.3 Å². The van der Waals surface area contributed by atoms with Crippen molar-refractivity contribution >= 4 is 16.8 Å². The van der Waals surface area contributed by atoms with E-state index < -0.39 is 0 Å². The minimum atomic E-state index is -0.204. The number of amides is 1. The maximum Gasteiger partial charge on any atom is 0.252 e. The molecule has 1 aromatic carbocycles. The summed E-state index contributed by atoms with van der Waals surface area (Å²) in [6.45, 7) is 1.32. The van der Waals surface area contributed by atoms with Crippen LogP contribution in [0.1, 0.15) is 15.9 Å². The van der Waals surface area contributed by atoms with E-state index in [-0.39, 0.29) is 11.5 Å². The fourth-order valence-electron chi connectivity index (χ4n) is 2.81. The van der Waals surface area contributed by atoms with Crippen LogP contribution in [0.15, 0.2) is 59.7 Å². The standard InChI is InChI=1S/C20H21N3O3/c1-26-13-12-23-14-17(7-8-18(23)24)20(25)22-11-9-16-5-2-4-15-6-3-10-21-19(15)16/h2-8,10,14H,9,11-13H2,1H3,(H,22,25). The average molecular weight is 351 g/mol. The van der Waals surface area contributed by atoms with Gasteiger partial charge in [0.25, 0.3) is 11.5 Å². The van der Waals surface area contributed by atoms with Crippen molar-refractivity contribution in [3.05, 3.63) is 76.3 Å². The summed E-state index contributed by atoms with van der Waals surface area (Å²) in [6, 6.07) is 12.9. The molecule has 0 unspecified atom stereocenters. The van der Waals surface area contributed by atoms with Crippen molar-refractivity contribution in [1.82, 2.24) is 14.9 Å². The van der Waals surface area contributed by atoms with Gasteiger partial charge in [0.1, 0.15) is 0 Å². The Morgan fingerprint density at radius 1 is 1.19 bits per heavy atom. The number of para-hydroxylation sites is 1. The Morgan fingerprint density at radius 3 is 2.88 bits per heavy atom. The van der Waals surface area contributed by atoms with Crippen LogP contribution in [0.25, 0.3) is 10.9 Å². The molecule has 0 aliphatic rings. The van der Waals surface area contributed by atoms with Gasteiger partial charge in [-0.1, -0.05) is 24.3 Å². The summed E-state index contributed by atoms with van der Waals surface area (Å²) in [6.07, 6.45) is 4.02. The Bertz CT molecular complexity index is 960. The zero-order chi connectivity index (χ0) is 18.4. The third-order valence-corrected chi connectivity index (χ3v) is 4.18. The van der Waals surface area contributed by atoms with Crippen LogP contribution in [0.5, 0.6) is 0 Å². The van der Waals surface area contributed by atoms with Crippen molar-refractivity contribution in [1.29, 1.82) is 0 Å². The molecule has 0 bridgehead atoms. The highest BCUT2D eigenvalue weighted by Gasteiger charge is 2.08. The third-order valence-electron chi connectivity index (χ3n) is 4.18. The van der Waals surface area contributed by atoms with Crippen molar-refractivity contribution in [3.8, 4) is 0 Å². The van der Waals surface area contributed by atoms with E-state index in [1.54, 1.807) is 25.6 Å². The summed E-state index contributed by atoms with van der Waals surface area (Å²) in [5.74, 6) is -0.204. The minimum Gasteiger partial charge on any atom is -0.383 e. The number of hydrogen-bond donors (Lipinski definition) is 1. The molecular weight excluding hydrogens is 330 g/mol. The molecule has 1 amide bonds. The molecule has 6 heteroatoms. The van der Waals surface area contributed by atoms with E-state index in [9.17, 15) is 9.59 Å². The molecule has 0 saturated carbocycles. The van der Waals surface area contributed by atoms with Gasteiger partial charge >= 0.3 is 0 Å². The second-order valence-corrected chi connectivity index (χ2v) is 5.94. The van der Waals surface area contributed by atoms with Crippen LogP contribution in [-0.4, -0.2) is 35.7 Å². The molecule has 0 aliphatic heterocycles. The highest BCUT2D eigenvalue weighted by atomic mass is 16.5. The summed E-state index contributed by atoms with van der Waals surface area (Å²) < 4.78 is 6.46. The molecule has 0 saturated heterocycles. The van der Waals surface area contributed by atoms with Gasteiger partial charge in [-0.15, -0.1) is 0 Å². The molecule has 134 valence electrons. The zero-order valence-electron chi connectivity index (χ0n) is 14.6. The Hall–Kier alpha value is -2.99. The lowest BCUT2D eigenvalue weighted by Crippen LogP contribution is -2.28. The SMILES string of the molecule is COCCn1cc(C(=O)NCCc2cccc3cccnc23)ccc1=O.